The summed E-state index contributed by atoms with van der Waals surface area (Å²) in [5.41, 5.74) is 5.22. The average molecular weight is 320 g/mol. The van der Waals surface area contributed by atoms with Crippen LogP contribution in [0.3, 0.4) is 0 Å². The minimum absolute atomic E-state index is 0.0890. The Morgan fingerprint density at radius 3 is 2.71 bits per heavy atom. The van der Waals surface area contributed by atoms with Crippen molar-refractivity contribution in [3.63, 3.8) is 0 Å². The van der Waals surface area contributed by atoms with E-state index in [9.17, 15) is 0 Å². The van der Waals surface area contributed by atoms with Crippen molar-refractivity contribution in [2.45, 2.75) is 44.3 Å². The number of methoxy groups -OCH3 is 1. The van der Waals surface area contributed by atoms with Gasteiger partial charge in [0.1, 0.15) is 5.75 Å². The second-order valence-electron chi connectivity index (χ2n) is 7.10. The molecule has 0 spiro atoms. The fraction of sp³-hybridized carbons (Fsp3) is 0.364. The van der Waals surface area contributed by atoms with Crippen LogP contribution in [0.2, 0.25) is 0 Å². The van der Waals surface area contributed by atoms with Crippen molar-refractivity contribution in [1.82, 2.24) is 0 Å². The Kier molecular flexibility index (Phi) is 3.93. The van der Waals surface area contributed by atoms with Crippen LogP contribution in [0.15, 0.2) is 54.6 Å². The van der Waals surface area contributed by atoms with Crippen molar-refractivity contribution in [3.8, 4) is 5.75 Å². The largest absolute Gasteiger partial charge is 0.496 e. The molecule has 0 radical (unpaired) electrons. The summed E-state index contributed by atoms with van der Waals surface area (Å²) in [6.07, 6.45) is 6.70. The van der Waals surface area contributed by atoms with Crippen LogP contribution in [0.1, 0.15) is 36.0 Å². The van der Waals surface area contributed by atoms with Gasteiger partial charge in [-0.2, -0.15) is 0 Å². The number of aryl methyl sites for hydroxylation is 1. The van der Waals surface area contributed by atoms with E-state index in [1.165, 1.54) is 22.3 Å². The SMILES string of the molecule is COc1ccccc1C[C@@]12CC[C@@H](C=C(c3ccc(C)cc3)C1)O2. The lowest BCUT2D eigenvalue weighted by molar-refractivity contribution is -0.0263. The molecule has 2 aliphatic rings. The fourth-order valence-electron chi connectivity index (χ4n) is 4.08. The third-order valence-corrected chi connectivity index (χ3v) is 5.31. The zero-order valence-electron chi connectivity index (χ0n) is 14.4. The van der Waals surface area contributed by atoms with Crippen molar-refractivity contribution in [2.24, 2.45) is 0 Å². The maximum absolute atomic E-state index is 6.43. The van der Waals surface area contributed by atoms with E-state index in [0.717, 1.165) is 31.4 Å². The van der Waals surface area contributed by atoms with Gasteiger partial charge in [-0.3, -0.25) is 0 Å². The molecule has 24 heavy (non-hydrogen) atoms. The van der Waals surface area contributed by atoms with Crippen LogP contribution < -0.4 is 4.74 Å². The number of rotatable bonds is 4. The molecule has 2 aromatic rings. The molecule has 2 nitrogen and oxygen atoms in total. The Bertz CT molecular complexity index is 760. The summed E-state index contributed by atoms with van der Waals surface area (Å²) in [4.78, 5) is 0. The lowest BCUT2D eigenvalue weighted by Crippen LogP contribution is -2.34. The first kappa shape index (κ1) is 15.5. The second kappa shape index (κ2) is 6.10. The maximum atomic E-state index is 6.43. The molecule has 2 bridgehead atoms. The maximum Gasteiger partial charge on any atom is 0.122 e. The van der Waals surface area contributed by atoms with Crippen LogP contribution in [0.5, 0.6) is 5.75 Å². The minimum Gasteiger partial charge on any atom is -0.496 e. The van der Waals surface area contributed by atoms with Crippen molar-refractivity contribution < 1.29 is 9.47 Å². The number of ether oxygens (including phenoxy) is 2. The molecule has 124 valence electrons. The molecule has 1 saturated heterocycles. The Morgan fingerprint density at radius 1 is 1.12 bits per heavy atom. The Balaban J connectivity index is 1.62. The highest BCUT2D eigenvalue weighted by atomic mass is 16.5. The Hall–Kier alpha value is -2.06. The highest BCUT2D eigenvalue weighted by molar-refractivity contribution is 5.68. The molecular weight excluding hydrogens is 296 g/mol. The Morgan fingerprint density at radius 2 is 1.92 bits per heavy atom. The van der Waals surface area contributed by atoms with Gasteiger partial charge in [-0.15, -0.1) is 0 Å². The molecule has 0 aromatic heterocycles. The predicted molar refractivity (Wildman–Crippen MR) is 97.3 cm³/mol. The summed E-state index contributed by atoms with van der Waals surface area (Å²) in [7, 11) is 1.74. The van der Waals surface area contributed by atoms with Crippen LogP contribution in [0.25, 0.3) is 5.57 Å². The van der Waals surface area contributed by atoms with Gasteiger partial charge in [0, 0.05) is 12.8 Å². The summed E-state index contributed by atoms with van der Waals surface area (Å²) in [5, 5.41) is 0. The number of para-hydroxylation sites is 1. The van der Waals surface area contributed by atoms with Crippen LogP contribution in [0.4, 0.5) is 0 Å². The van der Waals surface area contributed by atoms with E-state index >= 15 is 0 Å². The smallest absolute Gasteiger partial charge is 0.122 e. The summed E-state index contributed by atoms with van der Waals surface area (Å²) in [5.74, 6) is 0.963. The van der Waals surface area contributed by atoms with Gasteiger partial charge < -0.3 is 9.47 Å². The molecule has 1 fully saturated rings. The van der Waals surface area contributed by atoms with Gasteiger partial charge in [0.15, 0.2) is 0 Å². The number of fused-ring (bicyclic) bond motifs is 2. The molecule has 0 amide bonds. The standard InChI is InChI=1S/C22H24O2/c1-16-7-9-17(10-8-16)19-13-20-11-12-22(15-19,24-20)14-18-5-3-4-6-21(18)23-2/h3-10,13,20H,11-12,14-15H2,1-2H3/t20-,22-/m0/s1. The summed E-state index contributed by atoms with van der Waals surface area (Å²) < 4.78 is 12.0. The van der Waals surface area contributed by atoms with Crippen molar-refractivity contribution in [2.75, 3.05) is 7.11 Å². The van der Waals surface area contributed by atoms with E-state index in [-0.39, 0.29) is 11.7 Å². The van der Waals surface area contributed by atoms with Gasteiger partial charge in [0.05, 0.1) is 18.8 Å². The molecule has 0 unspecified atom stereocenters. The highest BCUT2D eigenvalue weighted by Crippen LogP contribution is 2.46. The van der Waals surface area contributed by atoms with E-state index in [0.29, 0.717) is 0 Å². The summed E-state index contributed by atoms with van der Waals surface area (Å²) in [6, 6.07) is 17.2. The summed E-state index contributed by atoms with van der Waals surface area (Å²) in [6.45, 7) is 2.13. The third-order valence-electron chi connectivity index (χ3n) is 5.31. The number of hydrogen-bond acceptors (Lipinski definition) is 2. The van der Waals surface area contributed by atoms with Crippen molar-refractivity contribution in [3.05, 3.63) is 71.3 Å². The first-order valence-corrected chi connectivity index (χ1v) is 8.75. The third kappa shape index (κ3) is 2.87. The predicted octanol–water partition coefficient (Wildman–Crippen LogP) is 4.95. The lowest BCUT2D eigenvalue weighted by atomic mass is 9.84. The zero-order chi connectivity index (χ0) is 16.6. The van der Waals surface area contributed by atoms with Crippen molar-refractivity contribution >= 4 is 5.57 Å². The molecule has 2 heterocycles. The summed E-state index contributed by atoms with van der Waals surface area (Å²) >= 11 is 0. The normalized spacial score (nSPS) is 25.4. The van der Waals surface area contributed by atoms with Crippen LogP contribution in [-0.4, -0.2) is 18.8 Å². The number of hydrogen-bond donors (Lipinski definition) is 0. The van der Waals surface area contributed by atoms with E-state index in [1.807, 2.05) is 12.1 Å². The fourth-order valence-corrected chi connectivity index (χ4v) is 4.08. The van der Waals surface area contributed by atoms with Crippen LogP contribution in [-0.2, 0) is 11.2 Å². The highest BCUT2D eigenvalue weighted by Gasteiger charge is 2.43. The molecule has 2 heteroatoms. The quantitative estimate of drug-likeness (QED) is 0.793. The second-order valence-corrected chi connectivity index (χ2v) is 7.10. The van der Waals surface area contributed by atoms with Crippen LogP contribution >= 0.6 is 0 Å². The first-order chi connectivity index (χ1) is 11.7. The zero-order valence-corrected chi connectivity index (χ0v) is 14.4. The van der Waals surface area contributed by atoms with Gasteiger partial charge in [-0.25, -0.2) is 0 Å². The van der Waals surface area contributed by atoms with Gasteiger partial charge >= 0.3 is 0 Å². The number of benzene rings is 2. The molecule has 2 aromatic carbocycles. The molecular formula is C22H24O2. The average Bonchev–Trinajstić information content (AvgIpc) is 2.90. The van der Waals surface area contributed by atoms with Crippen molar-refractivity contribution in [1.29, 1.82) is 0 Å². The minimum atomic E-state index is -0.0890. The van der Waals surface area contributed by atoms with Gasteiger partial charge in [-0.1, -0.05) is 54.1 Å². The van der Waals surface area contributed by atoms with E-state index in [4.69, 9.17) is 9.47 Å². The molecule has 4 rings (SSSR count). The monoisotopic (exact) mass is 320 g/mol. The molecule has 2 atom stereocenters. The lowest BCUT2D eigenvalue weighted by Gasteiger charge is -2.34. The van der Waals surface area contributed by atoms with E-state index in [2.05, 4.69) is 49.4 Å². The van der Waals surface area contributed by atoms with E-state index < -0.39 is 0 Å². The molecule has 0 aliphatic carbocycles. The first-order valence-electron chi connectivity index (χ1n) is 8.75. The molecule has 2 aliphatic heterocycles. The van der Waals surface area contributed by atoms with E-state index in [1.54, 1.807) is 7.11 Å². The van der Waals surface area contributed by atoms with Crippen LogP contribution in [0, 0.1) is 6.92 Å². The van der Waals surface area contributed by atoms with Gasteiger partial charge in [-0.05, 0) is 42.5 Å². The molecule has 0 saturated carbocycles. The van der Waals surface area contributed by atoms with Gasteiger partial charge in [0.25, 0.3) is 0 Å². The molecule has 0 N–H and O–H groups in total. The Labute approximate surface area is 144 Å². The van der Waals surface area contributed by atoms with Gasteiger partial charge in [0.2, 0.25) is 0 Å². The topological polar surface area (TPSA) is 18.5 Å².